The third-order valence-corrected chi connectivity index (χ3v) is 14.1. The first-order chi connectivity index (χ1) is 35.5. The molecule has 2 aliphatic heterocycles. The highest BCUT2D eigenvalue weighted by Crippen LogP contribution is 2.35. The number of aryl methyl sites for hydroxylation is 3. The van der Waals surface area contributed by atoms with Crippen LogP contribution in [0.15, 0.2) is 77.0 Å². The van der Waals surface area contributed by atoms with E-state index in [0.29, 0.717) is 68.2 Å². The van der Waals surface area contributed by atoms with E-state index in [4.69, 9.17) is 35.0 Å². The van der Waals surface area contributed by atoms with Crippen LogP contribution in [0.3, 0.4) is 0 Å². The van der Waals surface area contributed by atoms with Crippen molar-refractivity contribution >= 4 is 63.7 Å². The number of hydrogen-bond acceptors (Lipinski definition) is 14. The van der Waals surface area contributed by atoms with Crippen LogP contribution in [-0.2, 0) is 49.4 Å². The van der Waals surface area contributed by atoms with Crippen molar-refractivity contribution in [3.05, 3.63) is 116 Å². The molecule has 396 valence electrons. The van der Waals surface area contributed by atoms with Crippen LogP contribution >= 0.6 is 23.1 Å². The molecular formula is C55H67N5O12S2. The summed E-state index contributed by atoms with van der Waals surface area (Å²) in [5.41, 5.74) is 5.52. The van der Waals surface area contributed by atoms with Gasteiger partial charge in [-0.2, -0.15) is 0 Å². The van der Waals surface area contributed by atoms with Crippen LogP contribution in [0.5, 0.6) is 11.5 Å². The predicted octanol–water partition coefficient (Wildman–Crippen LogP) is 8.00. The Morgan fingerprint density at radius 2 is 1.46 bits per heavy atom. The molecule has 3 aromatic carbocycles. The summed E-state index contributed by atoms with van der Waals surface area (Å²) in [6, 6.07) is 19.0. The van der Waals surface area contributed by atoms with Crippen molar-refractivity contribution in [1.82, 2.24) is 20.4 Å². The number of aliphatic hydroxyl groups is 1. The van der Waals surface area contributed by atoms with Crippen LogP contribution in [-0.4, -0.2) is 141 Å². The number of aliphatic hydroxyl groups excluding tert-OH is 1. The van der Waals surface area contributed by atoms with Gasteiger partial charge in [-0.3, -0.25) is 28.9 Å². The molecule has 0 aliphatic carbocycles. The number of rotatable bonds is 27. The fourth-order valence-electron chi connectivity index (χ4n) is 8.08. The van der Waals surface area contributed by atoms with Crippen LogP contribution in [0.4, 0.5) is 10.5 Å². The van der Waals surface area contributed by atoms with Crippen molar-refractivity contribution in [2.75, 3.05) is 79.2 Å². The molecule has 2 saturated heterocycles. The fourth-order valence-corrected chi connectivity index (χ4v) is 9.87. The van der Waals surface area contributed by atoms with Gasteiger partial charge < -0.3 is 49.1 Å². The lowest BCUT2D eigenvalue weighted by Gasteiger charge is -2.35. The maximum atomic E-state index is 13.9. The predicted molar refractivity (Wildman–Crippen MR) is 284 cm³/mol. The maximum absolute atomic E-state index is 13.9. The molecule has 1 aromatic heterocycles. The first-order valence-electron chi connectivity index (χ1n) is 24.6. The molecule has 0 saturated carbocycles. The standard InChI is InChI=1S/C55H67N5O12S2/c1-36-17-28-73-49(36)41-12-9-39(10-13-41)33-57-51(63)44-32-43(61)34-60(44)53(65)50(55(4,5)6)58-48(62)35-71-27-26-70-25-23-68-20-8-19-67-22-24-69-21-18-59-52(64)47(74-54(59)66)31-40-11-15-45(37(2)29-40)72-46-16-14-42(56-7)30-38(46)3/h9-17,28-31,43-44,50,61H,8,18-27,32-35H2,1-6H3,(H,57,63)(H,58,62)/b47-31-/t43-,44+,50-/m1/s1. The number of hydrogen-bond donors (Lipinski definition) is 3. The van der Waals surface area contributed by atoms with E-state index in [1.54, 1.807) is 35.6 Å². The lowest BCUT2D eigenvalue weighted by atomic mass is 9.85. The zero-order valence-corrected chi connectivity index (χ0v) is 44.6. The van der Waals surface area contributed by atoms with Crippen LogP contribution < -0.4 is 15.4 Å². The molecule has 17 nitrogen and oxygen atoms in total. The van der Waals surface area contributed by atoms with Crippen LogP contribution in [0.1, 0.15) is 61.4 Å². The summed E-state index contributed by atoms with van der Waals surface area (Å²) in [5, 5.41) is 18.0. The maximum Gasteiger partial charge on any atom is 0.293 e. The Hall–Kier alpha value is -5.95. The third-order valence-electron chi connectivity index (χ3n) is 12.1. The van der Waals surface area contributed by atoms with E-state index in [1.165, 1.54) is 20.2 Å². The lowest BCUT2D eigenvalue weighted by Crippen LogP contribution is -2.58. The van der Waals surface area contributed by atoms with Gasteiger partial charge in [0, 0.05) is 37.6 Å². The number of ether oxygens (including phenoxy) is 6. The van der Waals surface area contributed by atoms with Gasteiger partial charge in [-0.25, -0.2) is 4.85 Å². The molecule has 74 heavy (non-hydrogen) atoms. The van der Waals surface area contributed by atoms with Crippen molar-refractivity contribution in [1.29, 1.82) is 0 Å². The van der Waals surface area contributed by atoms with Gasteiger partial charge in [-0.05, 0) is 120 Å². The van der Waals surface area contributed by atoms with Crippen LogP contribution in [0, 0.1) is 32.8 Å². The monoisotopic (exact) mass is 1050 g/mol. The van der Waals surface area contributed by atoms with E-state index in [0.717, 1.165) is 39.6 Å². The molecule has 0 radical (unpaired) electrons. The van der Waals surface area contributed by atoms with E-state index in [1.807, 2.05) is 77.1 Å². The van der Waals surface area contributed by atoms with Gasteiger partial charge in [0.2, 0.25) is 17.7 Å². The summed E-state index contributed by atoms with van der Waals surface area (Å²) < 4.78 is 34.0. The van der Waals surface area contributed by atoms with Crippen molar-refractivity contribution in [3.63, 3.8) is 0 Å². The molecule has 2 fully saturated rings. The van der Waals surface area contributed by atoms with Gasteiger partial charge in [0.1, 0.15) is 30.2 Å². The Labute approximate surface area is 441 Å². The number of thioether (sulfide) groups is 1. The second-order valence-electron chi connectivity index (χ2n) is 19.0. The molecule has 6 rings (SSSR count). The SMILES string of the molecule is [C-]#[N+]c1ccc(Oc2ccc(/C=C3\SC(=O)N(CCOCCOCCCOCCOCCOCC(=O)N[C@H](C(=O)N4C[C@H](O)C[C@H]4C(=O)NCc4ccc(-c5sccc5C)cc4)C(C)(C)C)C3=O)cc2C)c(C)c1. The van der Waals surface area contributed by atoms with Gasteiger partial charge in [0.25, 0.3) is 11.1 Å². The topological polar surface area (TPSA) is 196 Å². The van der Waals surface area contributed by atoms with Crippen molar-refractivity contribution < 1.29 is 57.5 Å². The largest absolute Gasteiger partial charge is 0.457 e. The number of carbonyl (C=O) groups excluding carboxylic acids is 5. The molecule has 0 unspecified atom stereocenters. The molecule has 3 heterocycles. The molecule has 0 bridgehead atoms. The van der Waals surface area contributed by atoms with Crippen molar-refractivity contribution in [2.24, 2.45) is 5.41 Å². The Morgan fingerprint density at radius 1 is 0.824 bits per heavy atom. The summed E-state index contributed by atoms with van der Waals surface area (Å²) in [4.78, 5) is 73.5. The zero-order chi connectivity index (χ0) is 53.2. The summed E-state index contributed by atoms with van der Waals surface area (Å²) in [6.45, 7) is 21.4. The minimum atomic E-state index is -0.971. The Morgan fingerprint density at radius 3 is 2.08 bits per heavy atom. The second-order valence-corrected chi connectivity index (χ2v) is 20.9. The molecule has 3 atom stereocenters. The van der Waals surface area contributed by atoms with Gasteiger partial charge in [0.15, 0.2) is 5.69 Å². The number of carbonyl (C=O) groups is 5. The normalized spacial score (nSPS) is 16.7. The molecule has 2 aliphatic rings. The molecule has 4 aromatic rings. The van der Waals surface area contributed by atoms with Gasteiger partial charge >= 0.3 is 0 Å². The molecule has 0 spiro atoms. The highest BCUT2D eigenvalue weighted by molar-refractivity contribution is 8.18. The summed E-state index contributed by atoms with van der Waals surface area (Å²) in [5.74, 6) is -0.378. The molecular weight excluding hydrogens is 987 g/mol. The lowest BCUT2D eigenvalue weighted by molar-refractivity contribution is -0.144. The summed E-state index contributed by atoms with van der Waals surface area (Å²) >= 11 is 2.57. The van der Waals surface area contributed by atoms with Gasteiger partial charge in [0.05, 0.1) is 70.4 Å². The van der Waals surface area contributed by atoms with E-state index < -0.39 is 35.4 Å². The van der Waals surface area contributed by atoms with Gasteiger partial charge in [-0.1, -0.05) is 57.2 Å². The van der Waals surface area contributed by atoms with Crippen LogP contribution in [0.2, 0.25) is 0 Å². The molecule has 5 amide bonds. The number of imide groups is 1. The van der Waals surface area contributed by atoms with E-state index in [2.05, 4.69) is 33.8 Å². The average molecular weight is 1050 g/mol. The Bertz CT molecular complexity index is 2640. The van der Waals surface area contributed by atoms with E-state index in [-0.39, 0.29) is 69.5 Å². The first-order valence-corrected chi connectivity index (χ1v) is 26.3. The second kappa shape index (κ2) is 28.1. The Kier molecular flexibility index (Phi) is 21.8. The number of benzene rings is 3. The van der Waals surface area contributed by atoms with Crippen LogP contribution in [0.25, 0.3) is 21.4 Å². The van der Waals surface area contributed by atoms with E-state index >= 15 is 0 Å². The molecule has 19 heteroatoms. The first kappa shape index (κ1) is 57.3. The average Bonchev–Trinajstić information content (AvgIpc) is 4.06. The van der Waals surface area contributed by atoms with Crippen molar-refractivity contribution in [2.45, 2.75) is 79.1 Å². The van der Waals surface area contributed by atoms with Gasteiger partial charge in [-0.15, -0.1) is 11.3 Å². The molecule has 3 N–H and O–H groups in total. The highest BCUT2D eigenvalue weighted by Gasteiger charge is 2.44. The number of β-amino-alcohol motifs (C(OH)–C–C–N with tert-alkyl or cyclic N) is 1. The Balaban J connectivity index is 0.770. The number of likely N-dealkylation sites (tertiary alicyclic amines) is 1. The zero-order valence-electron chi connectivity index (χ0n) is 42.9. The summed E-state index contributed by atoms with van der Waals surface area (Å²) in [6.07, 6.45) is 1.57. The number of nitrogens with zero attached hydrogens (tertiary/aromatic N) is 3. The highest BCUT2D eigenvalue weighted by atomic mass is 32.2. The van der Waals surface area contributed by atoms with E-state index in [9.17, 15) is 29.1 Å². The minimum absolute atomic E-state index is 0.0206. The third kappa shape index (κ3) is 16.8. The number of thiophene rings is 1. The minimum Gasteiger partial charge on any atom is -0.457 e. The van der Waals surface area contributed by atoms with Crippen molar-refractivity contribution in [3.8, 4) is 21.9 Å². The summed E-state index contributed by atoms with van der Waals surface area (Å²) in [7, 11) is 0. The number of nitrogens with one attached hydrogen (secondary N) is 2. The quantitative estimate of drug-likeness (QED) is 0.0296. The smallest absolute Gasteiger partial charge is 0.293 e. The fraction of sp³-hybridized carbons (Fsp3) is 0.455. The number of amides is 5.